The average molecular weight is 262 g/mol. The van der Waals surface area contributed by atoms with Crippen LogP contribution >= 0.6 is 11.3 Å². The second-order valence-electron chi connectivity index (χ2n) is 4.15. The van der Waals surface area contributed by atoms with Crippen LogP contribution in [0.1, 0.15) is 16.3 Å². The van der Waals surface area contributed by atoms with E-state index in [0.717, 1.165) is 36.6 Å². The Kier molecular flexibility index (Phi) is 4.73. The van der Waals surface area contributed by atoms with Crippen molar-refractivity contribution in [3.8, 4) is 5.75 Å². The molecule has 0 fully saturated rings. The quantitative estimate of drug-likeness (QED) is 0.813. The molecule has 0 radical (unpaired) electrons. The Morgan fingerprint density at radius 2 is 2.28 bits per heavy atom. The van der Waals surface area contributed by atoms with Crippen molar-refractivity contribution in [3.63, 3.8) is 0 Å². The Balaban J connectivity index is 1.81. The topological polar surface area (TPSA) is 34.1 Å². The average Bonchev–Trinajstić information content (AvgIpc) is 2.87. The molecule has 0 aliphatic carbocycles. The molecule has 2 aromatic rings. The summed E-state index contributed by atoms with van der Waals surface area (Å²) in [5, 5.41) is 5.52. The molecular formula is C14H18N2OS. The van der Waals surface area contributed by atoms with Crippen LogP contribution in [0.3, 0.4) is 0 Å². The van der Waals surface area contributed by atoms with Crippen LogP contribution in [-0.2, 0) is 13.0 Å². The molecule has 0 saturated carbocycles. The third kappa shape index (κ3) is 3.82. The second-order valence-corrected chi connectivity index (χ2v) is 5.18. The van der Waals surface area contributed by atoms with E-state index in [0.29, 0.717) is 0 Å². The molecule has 0 aliphatic rings. The first-order chi connectivity index (χ1) is 8.78. The van der Waals surface area contributed by atoms with Crippen molar-refractivity contribution >= 4 is 11.3 Å². The van der Waals surface area contributed by atoms with Gasteiger partial charge in [-0.15, -0.1) is 11.3 Å². The Bertz CT molecular complexity index is 483. The van der Waals surface area contributed by atoms with Gasteiger partial charge in [-0.2, -0.15) is 0 Å². The number of hydrogen-bond donors (Lipinski definition) is 1. The fraction of sp³-hybridized carbons (Fsp3) is 0.357. The number of aromatic nitrogens is 1. The molecule has 2 heterocycles. The highest BCUT2D eigenvalue weighted by Gasteiger charge is 2.00. The van der Waals surface area contributed by atoms with Gasteiger partial charge in [-0.1, -0.05) is 6.07 Å². The molecule has 0 aromatic carbocycles. The van der Waals surface area contributed by atoms with Crippen LogP contribution in [0.5, 0.6) is 5.75 Å². The van der Waals surface area contributed by atoms with Crippen LogP contribution in [-0.4, -0.2) is 18.6 Å². The third-order valence-corrected chi connectivity index (χ3v) is 3.59. The zero-order valence-corrected chi connectivity index (χ0v) is 11.6. The van der Waals surface area contributed by atoms with E-state index in [9.17, 15) is 0 Å². The maximum Gasteiger partial charge on any atom is 0.122 e. The summed E-state index contributed by atoms with van der Waals surface area (Å²) < 4.78 is 5.23. The van der Waals surface area contributed by atoms with Gasteiger partial charge in [0, 0.05) is 35.8 Å². The molecule has 0 bridgehead atoms. The van der Waals surface area contributed by atoms with Crippen LogP contribution < -0.4 is 10.1 Å². The van der Waals surface area contributed by atoms with E-state index in [1.807, 2.05) is 19.1 Å². The lowest BCUT2D eigenvalue weighted by atomic mass is 10.3. The molecule has 4 heteroatoms. The molecule has 0 amide bonds. The van der Waals surface area contributed by atoms with E-state index >= 15 is 0 Å². The van der Waals surface area contributed by atoms with E-state index in [1.165, 1.54) is 4.88 Å². The Morgan fingerprint density at radius 3 is 3.00 bits per heavy atom. The normalized spacial score (nSPS) is 10.6. The van der Waals surface area contributed by atoms with Crippen LogP contribution in [0.4, 0.5) is 0 Å². The van der Waals surface area contributed by atoms with E-state index in [4.69, 9.17) is 4.74 Å². The first-order valence-electron chi connectivity index (χ1n) is 6.02. The smallest absolute Gasteiger partial charge is 0.122 e. The largest absolute Gasteiger partial charge is 0.497 e. The number of aryl methyl sites for hydroxylation is 1. The minimum absolute atomic E-state index is 0.781. The molecule has 0 saturated heterocycles. The molecular weight excluding hydrogens is 244 g/mol. The highest BCUT2D eigenvalue weighted by molar-refractivity contribution is 7.09. The van der Waals surface area contributed by atoms with E-state index in [1.54, 1.807) is 18.4 Å². The highest BCUT2D eigenvalue weighted by Crippen LogP contribution is 2.13. The second kappa shape index (κ2) is 6.52. The van der Waals surface area contributed by atoms with Gasteiger partial charge < -0.3 is 10.1 Å². The fourth-order valence-corrected chi connectivity index (χ4v) is 2.50. The summed E-state index contributed by atoms with van der Waals surface area (Å²) in [5.41, 5.74) is 2.02. The maximum absolute atomic E-state index is 5.23. The van der Waals surface area contributed by atoms with Crippen molar-refractivity contribution in [1.82, 2.24) is 10.3 Å². The van der Waals surface area contributed by atoms with Crippen LogP contribution in [0.2, 0.25) is 0 Å². The van der Waals surface area contributed by atoms with E-state index in [2.05, 4.69) is 27.8 Å². The van der Waals surface area contributed by atoms with Crippen molar-refractivity contribution in [2.45, 2.75) is 19.9 Å². The maximum atomic E-state index is 5.23. The summed E-state index contributed by atoms with van der Waals surface area (Å²) in [7, 11) is 1.68. The molecule has 1 N–H and O–H groups in total. The summed E-state index contributed by atoms with van der Waals surface area (Å²) in [5.74, 6) is 0.873. The van der Waals surface area contributed by atoms with Crippen molar-refractivity contribution in [2.24, 2.45) is 0 Å². The summed E-state index contributed by atoms with van der Waals surface area (Å²) in [6.45, 7) is 3.74. The monoisotopic (exact) mass is 262 g/mol. The molecule has 18 heavy (non-hydrogen) atoms. The van der Waals surface area contributed by atoms with Gasteiger partial charge in [-0.25, -0.2) is 0 Å². The van der Waals surface area contributed by atoms with E-state index < -0.39 is 0 Å². The van der Waals surface area contributed by atoms with Gasteiger partial charge in [-0.3, -0.25) is 4.98 Å². The number of thiophene rings is 1. The zero-order chi connectivity index (χ0) is 12.8. The summed E-state index contributed by atoms with van der Waals surface area (Å²) in [6.07, 6.45) is 1.07. The number of nitrogens with one attached hydrogen (secondary N) is 1. The van der Waals surface area contributed by atoms with Crippen LogP contribution in [0.15, 0.2) is 29.6 Å². The minimum Gasteiger partial charge on any atom is -0.497 e. The van der Waals surface area contributed by atoms with Crippen LogP contribution in [0, 0.1) is 6.92 Å². The minimum atomic E-state index is 0.781. The number of methoxy groups -OCH3 is 1. The zero-order valence-electron chi connectivity index (χ0n) is 10.8. The number of rotatable bonds is 6. The third-order valence-electron chi connectivity index (χ3n) is 2.65. The van der Waals surface area contributed by atoms with Crippen molar-refractivity contribution in [2.75, 3.05) is 13.7 Å². The molecule has 3 nitrogen and oxygen atoms in total. The fourth-order valence-electron chi connectivity index (χ4n) is 1.79. The standard InChI is InChI=1S/C14H18N2OS/c1-11-8-13(17-2)9-12(16-11)10-15-6-5-14-4-3-7-18-14/h3-4,7-9,15H,5-6,10H2,1-2H3. The molecule has 2 rings (SSSR count). The molecule has 0 aliphatic heterocycles. The molecule has 96 valence electrons. The van der Waals surface area contributed by atoms with Gasteiger partial charge in [0.05, 0.1) is 12.8 Å². The lowest BCUT2D eigenvalue weighted by molar-refractivity contribution is 0.412. The summed E-state index contributed by atoms with van der Waals surface area (Å²) in [6, 6.07) is 8.17. The van der Waals surface area contributed by atoms with Crippen molar-refractivity contribution < 1.29 is 4.74 Å². The van der Waals surface area contributed by atoms with Gasteiger partial charge >= 0.3 is 0 Å². The predicted molar refractivity (Wildman–Crippen MR) is 75.3 cm³/mol. The molecule has 2 aromatic heterocycles. The predicted octanol–water partition coefficient (Wildman–Crippen LogP) is 2.79. The van der Waals surface area contributed by atoms with Gasteiger partial charge in [0.25, 0.3) is 0 Å². The van der Waals surface area contributed by atoms with Gasteiger partial charge in [0.15, 0.2) is 0 Å². The Hall–Kier alpha value is -1.39. The Labute approximate surface area is 112 Å². The number of ether oxygens (including phenoxy) is 1. The lowest BCUT2D eigenvalue weighted by Gasteiger charge is -2.07. The van der Waals surface area contributed by atoms with Crippen molar-refractivity contribution in [1.29, 1.82) is 0 Å². The summed E-state index contributed by atoms with van der Waals surface area (Å²) in [4.78, 5) is 5.89. The summed E-state index contributed by atoms with van der Waals surface area (Å²) >= 11 is 1.80. The molecule has 0 spiro atoms. The van der Waals surface area contributed by atoms with Crippen LogP contribution in [0.25, 0.3) is 0 Å². The van der Waals surface area contributed by atoms with Crippen molar-refractivity contribution in [3.05, 3.63) is 45.9 Å². The molecule has 0 unspecified atom stereocenters. The van der Waals surface area contributed by atoms with Gasteiger partial charge in [-0.05, 0) is 24.8 Å². The van der Waals surface area contributed by atoms with Gasteiger partial charge in [0.2, 0.25) is 0 Å². The van der Waals surface area contributed by atoms with E-state index in [-0.39, 0.29) is 0 Å². The Morgan fingerprint density at radius 1 is 1.39 bits per heavy atom. The number of pyridine rings is 1. The lowest BCUT2D eigenvalue weighted by Crippen LogP contribution is -2.17. The first kappa shape index (κ1) is 13.1. The number of hydrogen-bond acceptors (Lipinski definition) is 4. The highest BCUT2D eigenvalue weighted by atomic mass is 32.1. The number of nitrogens with zero attached hydrogens (tertiary/aromatic N) is 1. The first-order valence-corrected chi connectivity index (χ1v) is 6.90. The SMILES string of the molecule is COc1cc(C)nc(CNCCc2cccs2)c1. The molecule has 0 atom stereocenters. The van der Waals surface area contributed by atoms with Gasteiger partial charge in [0.1, 0.15) is 5.75 Å².